The van der Waals surface area contributed by atoms with Crippen LogP contribution in [0.1, 0.15) is 35.0 Å². The van der Waals surface area contributed by atoms with E-state index >= 15 is 0 Å². The molecule has 1 unspecified atom stereocenters. The zero-order chi connectivity index (χ0) is 21.3. The van der Waals surface area contributed by atoms with Gasteiger partial charge in [-0.3, -0.25) is 4.79 Å². The second kappa shape index (κ2) is 7.81. The molecule has 29 heavy (non-hydrogen) atoms. The molecule has 0 aliphatic carbocycles. The van der Waals surface area contributed by atoms with Crippen LogP contribution >= 0.6 is 0 Å². The first-order valence-corrected chi connectivity index (χ1v) is 10.5. The normalized spacial score (nSPS) is 20.9. The van der Waals surface area contributed by atoms with Crippen LogP contribution in [0.3, 0.4) is 0 Å². The first-order chi connectivity index (χ1) is 13.7. The molecule has 0 radical (unpaired) electrons. The first-order valence-electron chi connectivity index (χ1n) is 8.97. The number of benzene rings is 1. The van der Waals surface area contributed by atoms with Crippen molar-refractivity contribution in [2.75, 3.05) is 12.4 Å². The minimum atomic E-state index is -2.92. The number of nitriles is 1. The monoisotopic (exact) mass is 415 g/mol. The first kappa shape index (κ1) is 20.8. The highest BCUT2D eigenvalue weighted by atomic mass is 32.2. The minimum absolute atomic E-state index is 0.158. The SMILES string of the molecule is C=C(C)[C@H]1CCc2c(cn(C)c2C(=O)Nc2ccc(F)c(C#N)c2)S(=O)(=NC)N1. The Morgan fingerprint density at radius 3 is 2.86 bits per heavy atom. The van der Waals surface area contributed by atoms with E-state index in [-0.39, 0.29) is 11.6 Å². The maximum atomic E-state index is 13.5. The molecule has 1 aromatic heterocycles. The van der Waals surface area contributed by atoms with Crippen molar-refractivity contribution < 1.29 is 13.4 Å². The molecule has 0 bridgehead atoms. The number of rotatable bonds is 3. The van der Waals surface area contributed by atoms with Crippen LogP contribution in [0, 0.1) is 17.1 Å². The molecule has 0 saturated heterocycles. The van der Waals surface area contributed by atoms with Gasteiger partial charge in [0.05, 0.1) is 10.5 Å². The summed E-state index contributed by atoms with van der Waals surface area (Å²) in [6.45, 7) is 5.81. The van der Waals surface area contributed by atoms with Crippen molar-refractivity contribution in [2.24, 2.45) is 11.4 Å². The van der Waals surface area contributed by atoms with Crippen molar-refractivity contribution in [1.82, 2.24) is 9.29 Å². The average Bonchev–Trinajstić information content (AvgIpc) is 2.95. The number of hydrogen-bond donors (Lipinski definition) is 2. The lowest BCUT2D eigenvalue weighted by atomic mass is 10.0. The number of hydrogen-bond acceptors (Lipinski definition) is 4. The number of fused-ring (bicyclic) bond motifs is 1. The Bertz CT molecular complexity index is 1170. The van der Waals surface area contributed by atoms with Crippen molar-refractivity contribution in [3.05, 3.63) is 59.2 Å². The summed E-state index contributed by atoms with van der Waals surface area (Å²) in [5.41, 5.74) is 1.99. The quantitative estimate of drug-likeness (QED) is 0.753. The lowest BCUT2D eigenvalue weighted by Crippen LogP contribution is -2.33. The van der Waals surface area contributed by atoms with Gasteiger partial charge >= 0.3 is 0 Å². The fraction of sp³-hybridized carbons (Fsp3) is 0.300. The molecule has 2 aromatic rings. The van der Waals surface area contributed by atoms with Crippen molar-refractivity contribution in [3.8, 4) is 6.07 Å². The third kappa shape index (κ3) is 3.81. The summed E-state index contributed by atoms with van der Waals surface area (Å²) in [5, 5.41) is 11.7. The van der Waals surface area contributed by atoms with Gasteiger partial charge in [-0.1, -0.05) is 12.2 Å². The summed E-state index contributed by atoms with van der Waals surface area (Å²) in [6.07, 6.45) is 2.79. The Morgan fingerprint density at radius 2 is 2.24 bits per heavy atom. The topological polar surface area (TPSA) is 99.3 Å². The number of aryl methyl sites for hydroxylation is 1. The van der Waals surface area contributed by atoms with E-state index in [4.69, 9.17) is 5.26 Å². The molecule has 7 nitrogen and oxygen atoms in total. The van der Waals surface area contributed by atoms with Gasteiger partial charge in [0.15, 0.2) is 0 Å². The van der Waals surface area contributed by atoms with Gasteiger partial charge in [0.25, 0.3) is 5.91 Å². The van der Waals surface area contributed by atoms with Gasteiger partial charge in [-0.15, -0.1) is 0 Å². The Labute approximate surface area is 169 Å². The Morgan fingerprint density at radius 1 is 1.52 bits per heavy atom. The number of carbonyl (C=O) groups is 1. The van der Waals surface area contributed by atoms with Crippen LogP contribution in [0.15, 0.2) is 45.8 Å². The highest BCUT2D eigenvalue weighted by molar-refractivity contribution is 7.91. The zero-order valence-electron chi connectivity index (χ0n) is 16.5. The van der Waals surface area contributed by atoms with Gasteiger partial charge in [0.1, 0.15) is 27.5 Å². The molecule has 1 aliphatic heterocycles. The summed E-state index contributed by atoms with van der Waals surface area (Å²) < 4.78 is 35.8. The van der Waals surface area contributed by atoms with Crippen molar-refractivity contribution >= 4 is 21.5 Å². The second-order valence-electron chi connectivity index (χ2n) is 6.96. The Hall–Kier alpha value is -2.96. The van der Waals surface area contributed by atoms with Crippen LogP contribution < -0.4 is 10.0 Å². The van der Waals surface area contributed by atoms with Gasteiger partial charge in [-0.25, -0.2) is 17.7 Å². The summed E-state index contributed by atoms with van der Waals surface area (Å²) in [7, 11) is 0.254. The Kier molecular flexibility index (Phi) is 5.59. The third-order valence-corrected chi connectivity index (χ3v) is 7.01. The molecule has 0 saturated carbocycles. The fourth-order valence-corrected chi connectivity index (χ4v) is 5.37. The molecule has 152 valence electrons. The van der Waals surface area contributed by atoms with Crippen LogP contribution in [0.5, 0.6) is 0 Å². The van der Waals surface area contributed by atoms with Gasteiger partial charge in [-0.05, 0) is 38.0 Å². The lowest BCUT2D eigenvalue weighted by Gasteiger charge is -2.17. The highest BCUT2D eigenvalue weighted by Gasteiger charge is 2.31. The van der Waals surface area contributed by atoms with E-state index in [1.165, 1.54) is 19.2 Å². The molecule has 0 spiro atoms. The standard InChI is InChI=1S/C20H22FN5O2S/c1-12(2)17-8-6-15-18(29(28,23-3)25-17)11-26(4)19(15)20(27)24-14-5-7-16(21)13(9-14)10-22/h5,7,9,11,17H,1,6,8H2,2-4H3,(H,24,27)(H,23,25,28)/t17-,29?/m1/s1. The predicted molar refractivity (Wildman–Crippen MR) is 109 cm³/mol. The summed E-state index contributed by atoms with van der Waals surface area (Å²) in [4.78, 5) is 13.5. The van der Waals surface area contributed by atoms with Crippen molar-refractivity contribution in [3.63, 3.8) is 0 Å². The maximum absolute atomic E-state index is 13.5. The van der Waals surface area contributed by atoms with Crippen LogP contribution in [0.4, 0.5) is 10.1 Å². The molecule has 1 amide bonds. The fourth-order valence-electron chi connectivity index (χ4n) is 3.41. The molecule has 1 aliphatic rings. The van der Waals surface area contributed by atoms with Gasteiger partial charge in [0.2, 0.25) is 0 Å². The number of aromatic nitrogens is 1. The third-order valence-electron chi connectivity index (χ3n) is 4.94. The van der Waals surface area contributed by atoms with Gasteiger partial charge in [-0.2, -0.15) is 5.26 Å². The highest BCUT2D eigenvalue weighted by Crippen LogP contribution is 2.30. The van der Waals surface area contributed by atoms with E-state index in [9.17, 15) is 13.4 Å². The van der Waals surface area contributed by atoms with Crippen LogP contribution in [0.2, 0.25) is 0 Å². The van der Waals surface area contributed by atoms with Gasteiger partial charge < -0.3 is 9.88 Å². The lowest BCUT2D eigenvalue weighted by molar-refractivity contribution is 0.101. The average molecular weight is 415 g/mol. The second-order valence-corrected chi connectivity index (χ2v) is 9.05. The molecular weight excluding hydrogens is 393 g/mol. The number of halogens is 1. The molecular formula is C20H22FN5O2S. The zero-order valence-corrected chi connectivity index (χ0v) is 17.3. The predicted octanol–water partition coefficient (Wildman–Crippen LogP) is 3.14. The number of carbonyl (C=O) groups excluding carboxylic acids is 1. The van der Waals surface area contributed by atoms with E-state index in [1.54, 1.807) is 23.9 Å². The maximum Gasteiger partial charge on any atom is 0.272 e. The molecule has 1 aromatic carbocycles. The molecule has 2 heterocycles. The van der Waals surface area contributed by atoms with Gasteiger partial charge in [0, 0.05) is 37.6 Å². The molecule has 2 atom stereocenters. The van der Waals surface area contributed by atoms with Crippen molar-refractivity contribution in [2.45, 2.75) is 30.7 Å². The molecule has 9 heteroatoms. The van der Waals surface area contributed by atoms with E-state index < -0.39 is 21.6 Å². The van der Waals surface area contributed by atoms with Crippen LogP contribution in [-0.2, 0) is 23.4 Å². The summed E-state index contributed by atoms with van der Waals surface area (Å²) in [5.74, 6) is -1.09. The van der Waals surface area contributed by atoms with E-state index in [0.717, 1.165) is 11.6 Å². The smallest absolute Gasteiger partial charge is 0.272 e. The van der Waals surface area contributed by atoms with E-state index in [0.29, 0.717) is 34.7 Å². The molecule has 3 rings (SSSR count). The van der Waals surface area contributed by atoms with Crippen LogP contribution in [-0.4, -0.2) is 27.8 Å². The van der Waals surface area contributed by atoms with E-state index in [2.05, 4.69) is 21.0 Å². The number of amides is 1. The largest absolute Gasteiger partial charge is 0.345 e. The minimum Gasteiger partial charge on any atom is -0.345 e. The molecule has 2 N–H and O–H groups in total. The van der Waals surface area contributed by atoms with Crippen molar-refractivity contribution in [1.29, 1.82) is 5.26 Å². The summed E-state index contributed by atoms with van der Waals surface area (Å²) >= 11 is 0. The van der Waals surface area contributed by atoms with Crippen LogP contribution in [0.25, 0.3) is 0 Å². The van der Waals surface area contributed by atoms with E-state index in [1.807, 2.05) is 6.92 Å². The number of anilines is 1. The Balaban J connectivity index is 2.03. The summed E-state index contributed by atoms with van der Waals surface area (Å²) in [6, 6.07) is 5.36. The molecule has 0 fully saturated rings. The number of nitrogens with one attached hydrogen (secondary N) is 2. The number of nitrogens with zero attached hydrogens (tertiary/aromatic N) is 3.